The topological polar surface area (TPSA) is 69.6 Å². The number of hydrogen-bond donors (Lipinski definition) is 2. The van der Waals surface area contributed by atoms with E-state index in [-0.39, 0.29) is 13.1 Å². The molecule has 2 N–H and O–H groups in total. The van der Waals surface area contributed by atoms with Gasteiger partial charge in [0, 0.05) is 13.1 Å². The van der Waals surface area contributed by atoms with Gasteiger partial charge in [0.25, 0.3) is 0 Å². The van der Waals surface area contributed by atoms with Gasteiger partial charge in [0.1, 0.15) is 6.10 Å². The van der Waals surface area contributed by atoms with E-state index >= 15 is 0 Å². The van der Waals surface area contributed by atoms with E-state index in [1.807, 2.05) is 6.92 Å². The Morgan fingerprint density at radius 2 is 2.29 bits per heavy atom. The summed E-state index contributed by atoms with van der Waals surface area (Å²) in [6.07, 6.45) is -3.78. The van der Waals surface area contributed by atoms with Crippen LogP contribution < -0.4 is 5.32 Å². The second kappa shape index (κ2) is 5.90. The van der Waals surface area contributed by atoms with Crippen molar-refractivity contribution in [3.05, 3.63) is 0 Å². The Morgan fingerprint density at radius 3 is 2.82 bits per heavy atom. The van der Waals surface area contributed by atoms with Crippen molar-refractivity contribution in [2.24, 2.45) is 5.92 Å². The van der Waals surface area contributed by atoms with Gasteiger partial charge in [0.2, 0.25) is 6.43 Å². The van der Waals surface area contributed by atoms with Gasteiger partial charge < -0.3 is 15.3 Å². The molecule has 0 aliphatic carbocycles. The number of ketones is 1. The molecule has 7 heteroatoms. The number of alkyl halides is 2. The number of urea groups is 1. The van der Waals surface area contributed by atoms with Crippen molar-refractivity contribution in [1.29, 1.82) is 0 Å². The molecule has 0 radical (unpaired) electrons. The normalized spacial score (nSPS) is 25.2. The van der Waals surface area contributed by atoms with Gasteiger partial charge in [-0.15, -0.1) is 0 Å². The smallest absolute Gasteiger partial charge is 0.317 e. The molecule has 98 valence electrons. The van der Waals surface area contributed by atoms with E-state index in [4.69, 9.17) is 0 Å². The molecular formula is C10H16F2N2O3. The van der Waals surface area contributed by atoms with Gasteiger partial charge >= 0.3 is 6.03 Å². The minimum absolute atomic E-state index is 0.305. The van der Waals surface area contributed by atoms with Crippen molar-refractivity contribution in [2.75, 3.05) is 19.6 Å². The Balaban J connectivity index is 2.64. The molecule has 1 fully saturated rings. The summed E-state index contributed by atoms with van der Waals surface area (Å²) >= 11 is 0. The summed E-state index contributed by atoms with van der Waals surface area (Å²) < 4.78 is 25.1. The molecule has 1 heterocycles. The van der Waals surface area contributed by atoms with Crippen LogP contribution in [0.2, 0.25) is 0 Å². The summed E-state index contributed by atoms with van der Waals surface area (Å²) in [5.74, 6) is -2.24. The number of amides is 2. The predicted octanol–water partition coefficient (Wildman–Crippen LogP) is 0.233. The Hall–Kier alpha value is -1.24. The minimum Gasteiger partial charge on any atom is -0.385 e. The number of carbonyl (C=O) groups excluding carboxylic acids is 2. The third-order valence-electron chi connectivity index (χ3n) is 2.65. The average molecular weight is 250 g/mol. The lowest BCUT2D eigenvalue weighted by atomic mass is 9.94. The van der Waals surface area contributed by atoms with E-state index in [9.17, 15) is 23.5 Å². The molecule has 0 saturated carbocycles. The van der Waals surface area contributed by atoms with Crippen LogP contribution in [0.1, 0.15) is 13.3 Å². The fourth-order valence-corrected chi connectivity index (χ4v) is 1.66. The first kappa shape index (κ1) is 13.8. The van der Waals surface area contributed by atoms with Crippen LogP contribution in [0.15, 0.2) is 0 Å². The van der Waals surface area contributed by atoms with Gasteiger partial charge in [0.15, 0.2) is 5.78 Å². The number of rotatable bonds is 3. The molecule has 2 atom stereocenters. The van der Waals surface area contributed by atoms with Crippen LogP contribution in [0, 0.1) is 5.92 Å². The SMILES string of the molecule is CCCNC(=O)N1CC(=O)[C@H](O)C(C(F)F)C1. The first-order valence-electron chi connectivity index (χ1n) is 5.49. The fraction of sp³-hybridized carbons (Fsp3) is 0.800. The number of halogens is 2. The summed E-state index contributed by atoms with van der Waals surface area (Å²) in [5.41, 5.74) is 0. The zero-order chi connectivity index (χ0) is 13.0. The van der Waals surface area contributed by atoms with Crippen LogP contribution in [0.25, 0.3) is 0 Å². The van der Waals surface area contributed by atoms with Crippen LogP contribution >= 0.6 is 0 Å². The lowest BCUT2D eigenvalue weighted by Crippen LogP contribution is -2.56. The lowest BCUT2D eigenvalue weighted by Gasteiger charge is -2.34. The zero-order valence-corrected chi connectivity index (χ0v) is 9.53. The number of nitrogens with zero attached hydrogens (tertiary/aromatic N) is 1. The highest BCUT2D eigenvalue weighted by molar-refractivity contribution is 5.90. The molecule has 17 heavy (non-hydrogen) atoms. The fourth-order valence-electron chi connectivity index (χ4n) is 1.66. The minimum atomic E-state index is -2.82. The summed E-state index contributed by atoms with van der Waals surface area (Å²) in [7, 11) is 0. The standard InChI is InChI=1S/C10H16F2N2O3/c1-2-3-13-10(17)14-4-6(9(11)12)8(16)7(15)5-14/h6,8-9,16H,2-5H2,1H3,(H,13,17)/t6?,8-/m1/s1. The highest BCUT2D eigenvalue weighted by Crippen LogP contribution is 2.21. The average Bonchev–Trinajstić information content (AvgIpc) is 2.28. The molecule has 0 spiro atoms. The van der Waals surface area contributed by atoms with Gasteiger partial charge in [-0.05, 0) is 6.42 Å². The number of carbonyl (C=O) groups is 2. The van der Waals surface area contributed by atoms with Crippen LogP contribution in [-0.4, -0.2) is 54.0 Å². The molecule has 1 unspecified atom stereocenters. The van der Waals surface area contributed by atoms with E-state index in [0.717, 1.165) is 4.90 Å². The highest BCUT2D eigenvalue weighted by atomic mass is 19.3. The molecule has 0 aromatic heterocycles. The van der Waals surface area contributed by atoms with E-state index < -0.39 is 30.3 Å². The van der Waals surface area contributed by atoms with Gasteiger partial charge in [-0.1, -0.05) is 6.92 Å². The summed E-state index contributed by atoms with van der Waals surface area (Å²) in [5, 5.41) is 11.8. The molecule has 1 aliphatic heterocycles. The van der Waals surface area contributed by atoms with Crippen LogP contribution in [0.5, 0.6) is 0 Å². The van der Waals surface area contributed by atoms with Crippen molar-refractivity contribution >= 4 is 11.8 Å². The Kier molecular flexibility index (Phi) is 4.80. The lowest BCUT2D eigenvalue weighted by molar-refractivity contribution is -0.140. The second-order valence-corrected chi connectivity index (χ2v) is 4.02. The van der Waals surface area contributed by atoms with E-state index in [2.05, 4.69) is 5.32 Å². The molecule has 0 aromatic rings. The Labute approximate surface area is 97.8 Å². The monoisotopic (exact) mass is 250 g/mol. The van der Waals surface area contributed by atoms with E-state index in [1.165, 1.54) is 0 Å². The number of Topliss-reactive ketones (excluding diaryl/α,β-unsaturated/α-hetero) is 1. The van der Waals surface area contributed by atoms with Crippen molar-refractivity contribution < 1.29 is 23.5 Å². The van der Waals surface area contributed by atoms with Gasteiger partial charge in [0.05, 0.1) is 12.5 Å². The van der Waals surface area contributed by atoms with Crippen molar-refractivity contribution in [1.82, 2.24) is 10.2 Å². The number of aliphatic hydroxyl groups is 1. The number of aliphatic hydroxyl groups excluding tert-OH is 1. The maximum Gasteiger partial charge on any atom is 0.317 e. The summed E-state index contributed by atoms with van der Waals surface area (Å²) in [4.78, 5) is 23.8. The number of piperidine rings is 1. The Morgan fingerprint density at radius 1 is 1.65 bits per heavy atom. The maximum atomic E-state index is 12.6. The van der Waals surface area contributed by atoms with Crippen molar-refractivity contribution in [3.8, 4) is 0 Å². The van der Waals surface area contributed by atoms with Crippen LogP contribution in [-0.2, 0) is 4.79 Å². The van der Waals surface area contributed by atoms with E-state index in [1.54, 1.807) is 0 Å². The molecule has 1 saturated heterocycles. The molecule has 0 bridgehead atoms. The quantitative estimate of drug-likeness (QED) is 0.753. The van der Waals surface area contributed by atoms with Gasteiger partial charge in [-0.3, -0.25) is 4.79 Å². The zero-order valence-electron chi connectivity index (χ0n) is 9.53. The highest BCUT2D eigenvalue weighted by Gasteiger charge is 2.41. The number of nitrogens with one attached hydrogen (secondary N) is 1. The summed E-state index contributed by atoms with van der Waals surface area (Å²) in [6, 6.07) is -0.544. The van der Waals surface area contributed by atoms with Crippen molar-refractivity contribution in [2.45, 2.75) is 25.9 Å². The molecule has 2 amide bonds. The third kappa shape index (κ3) is 3.36. The first-order valence-corrected chi connectivity index (χ1v) is 5.49. The number of hydrogen-bond acceptors (Lipinski definition) is 3. The van der Waals surface area contributed by atoms with Gasteiger partial charge in [-0.2, -0.15) is 0 Å². The largest absolute Gasteiger partial charge is 0.385 e. The van der Waals surface area contributed by atoms with Crippen LogP contribution in [0.3, 0.4) is 0 Å². The second-order valence-electron chi connectivity index (χ2n) is 4.02. The van der Waals surface area contributed by atoms with Gasteiger partial charge in [-0.25, -0.2) is 13.6 Å². The molecule has 1 aliphatic rings. The molecule has 5 nitrogen and oxygen atoms in total. The van der Waals surface area contributed by atoms with Crippen molar-refractivity contribution in [3.63, 3.8) is 0 Å². The third-order valence-corrected chi connectivity index (χ3v) is 2.65. The first-order chi connectivity index (χ1) is 7.97. The van der Waals surface area contributed by atoms with Crippen LogP contribution in [0.4, 0.5) is 13.6 Å². The maximum absolute atomic E-state index is 12.6. The Bertz CT molecular complexity index is 299. The molecule has 0 aromatic carbocycles. The molecule has 1 rings (SSSR count). The van der Waals surface area contributed by atoms with E-state index in [0.29, 0.717) is 13.0 Å². The predicted molar refractivity (Wildman–Crippen MR) is 55.8 cm³/mol. The summed E-state index contributed by atoms with van der Waals surface area (Å²) in [6.45, 7) is 1.65. The molecular weight excluding hydrogens is 234 g/mol. The number of likely N-dealkylation sites (tertiary alicyclic amines) is 1.